The number of hydrogen-bond donors (Lipinski definition) is 2. The highest BCUT2D eigenvalue weighted by Gasteiger charge is 2.35. The fraction of sp³-hybridized carbons (Fsp3) is 0.700. The quantitative estimate of drug-likeness (QED) is 0.752. The van der Waals surface area contributed by atoms with Gasteiger partial charge in [0.05, 0.1) is 0 Å². The highest BCUT2D eigenvalue weighted by molar-refractivity contribution is 7.91. The lowest BCUT2D eigenvalue weighted by Gasteiger charge is -2.37. The maximum absolute atomic E-state index is 12.5. The van der Waals surface area contributed by atoms with Gasteiger partial charge in [-0.15, -0.1) is 10.2 Å². The third-order valence-corrected chi connectivity index (χ3v) is 5.82. The van der Waals surface area contributed by atoms with Gasteiger partial charge < -0.3 is 10.6 Å². The zero-order chi connectivity index (χ0) is 15.0. The molecule has 0 unspecified atom stereocenters. The number of carbonyl (C=O) groups is 1. The Morgan fingerprint density at radius 2 is 2.15 bits per heavy atom. The largest absolute Gasteiger partial charge is 0.309 e. The number of hydrogen-bond acceptors (Lipinski definition) is 7. The Balaban J connectivity index is 2.21. The predicted octanol–water partition coefficient (Wildman–Crippen LogP) is -0.131. The van der Waals surface area contributed by atoms with E-state index in [2.05, 4.69) is 20.8 Å². The Morgan fingerprint density at radius 3 is 2.75 bits per heavy atom. The molecule has 0 bridgehead atoms. The smallest absolute Gasteiger partial charge is 0.272 e. The van der Waals surface area contributed by atoms with Crippen LogP contribution in [0.5, 0.6) is 0 Å². The van der Waals surface area contributed by atoms with E-state index in [-0.39, 0.29) is 20.9 Å². The van der Waals surface area contributed by atoms with E-state index in [0.29, 0.717) is 19.6 Å². The summed E-state index contributed by atoms with van der Waals surface area (Å²) in [4.78, 5) is 10.9. The van der Waals surface area contributed by atoms with E-state index in [1.807, 2.05) is 13.8 Å². The Morgan fingerprint density at radius 1 is 1.45 bits per heavy atom. The number of rotatable bonds is 3. The molecule has 0 aromatic carbocycles. The standard InChI is InChI=1S/C10H17N5O3S2/c1-7(16)12-8-13-14-9(19-8)20(17,18)15-5-4-11-10(2,3)6-15/h11H,4-6H2,1-3H3,(H,12,13,16). The van der Waals surface area contributed by atoms with Crippen molar-refractivity contribution >= 4 is 32.4 Å². The lowest BCUT2D eigenvalue weighted by molar-refractivity contribution is -0.114. The molecule has 1 aromatic rings. The number of sulfonamides is 1. The van der Waals surface area contributed by atoms with Crippen LogP contribution < -0.4 is 10.6 Å². The third-order valence-electron chi connectivity index (χ3n) is 2.79. The summed E-state index contributed by atoms with van der Waals surface area (Å²) in [6.45, 7) is 6.55. The van der Waals surface area contributed by atoms with Crippen molar-refractivity contribution in [1.29, 1.82) is 0 Å². The summed E-state index contributed by atoms with van der Waals surface area (Å²) in [5.74, 6) is -0.312. The maximum atomic E-state index is 12.5. The predicted molar refractivity (Wildman–Crippen MR) is 75.1 cm³/mol. The fourth-order valence-corrected chi connectivity index (χ4v) is 4.61. The van der Waals surface area contributed by atoms with Gasteiger partial charge in [0.2, 0.25) is 15.4 Å². The van der Waals surface area contributed by atoms with Gasteiger partial charge in [-0.05, 0) is 13.8 Å². The number of carbonyl (C=O) groups excluding carboxylic acids is 1. The van der Waals surface area contributed by atoms with E-state index in [1.54, 1.807) is 0 Å². The molecular weight excluding hydrogens is 302 g/mol. The first-order valence-electron chi connectivity index (χ1n) is 6.07. The minimum Gasteiger partial charge on any atom is -0.309 e. The highest BCUT2D eigenvalue weighted by atomic mass is 32.2. The van der Waals surface area contributed by atoms with E-state index in [4.69, 9.17) is 0 Å². The number of amides is 1. The molecule has 2 heterocycles. The average molecular weight is 319 g/mol. The van der Waals surface area contributed by atoms with Crippen LogP contribution >= 0.6 is 11.3 Å². The van der Waals surface area contributed by atoms with Crippen LogP contribution in [0.15, 0.2) is 4.34 Å². The summed E-state index contributed by atoms with van der Waals surface area (Å²) < 4.78 is 26.2. The Labute approximate surface area is 121 Å². The fourth-order valence-electron chi connectivity index (χ4n) is 1.93. The maximum Gasteiger partial charge on any atom is 0.272 e. The molecule has 10 heteroatoms. The average Bonchev–Trinajstić information content (AvgIpc) is 2.75. The van der Waals surface area contributed by atoms with Gasteiger partial charge in [0.25, 0.3) is 10.0 Å². The van der Waals surface area contributed by atoms with Gasteiger partial charge in [-0.25, -0.2) is 8.42 Å². The second kappa shape index (κ2) is 5.35. The zero-order valence-electron chi connectivity index (χ0n) is 11.5. The summed E-state index contributed by atoms with van der Waals surface area (Å²) in [5.41, 5.74) is -0.281. The third kappa shape index (κ3) is 3.32. The Kier molecular flexibility index (Phi) is 4.09. The monoisotopic (exact) mass is 319 g/mol. The summed E-state index contributed by atoms with van der Waals surface area (Å²) in [5, 5.41) is 13.2. The van der Waals surface area contributed by atoms with Crippen LogP contribution in [0.3, 0.4) is 0 Å². The second-order valence-electron chi connectivity index (χ2n) is 5.20. The minimum absolute atomic E-state index is 0.0982. The van der Waals surface area contributed by atoms with Crippen LogP contribution in [0.1, 0.15) is 20.8 Å². The van der Waals surface area contributed by atoms with Crippen LogP contribution in [-0.4, -0.2) is 54.0 Å². The molecule has 1 aliphatic heterocycles. The summed E-state index contributed by atoms with van der Waals surface area (Å²) in [7, 11) is -3.66. The van der Waals surface area contributed by atoms with E-state index >= 15 is 0 Å². The number of anilines is 1. The van der Waals surface area contributed by atoms with E-state index in [0.717, 1.165) is 11.3 Å². The lowest BCUT2D eigenvalue weighted by atomic mass is 10.0. The minimum atomic E-state index is -3.66. The molecule has 20 heavy (non-hydrogen) atoms. The van der Waals surface area contributed by atoms with E-state index < -0.39 is 10.0 Å². The van der Waals surface area contributed by atoms with Gasteiger partial charge in [-0.3, -0.25) is 4.79 Å². The Bertz CT molecular complexity index is 610. The highest BCUT2D eigenvalue weighted by Crippen LogP contribution is 2.25. The molecule has 0 aliphatic carbocycles. The van der Waals surface area contributed by atoms with E-state index in [1.165, 1.54) is 11.2 Å². The lowest BCUT2D eigenvalue weighted by Crippen LogP contribution is -2.58. The van der Waals surface area contributed by atoms with Gasteiger partial charge in [-0.1, -0.05) is 11.3 Å². The topological polar surface area (TPSA) is 104 Å². The van der Waals surface area contributed by atoms with Gasteiger partial charge >= 0.3 is 0 Å². The summed E-state index contributed by atoms with van der Waals surface area (Å²) in [6.07, 6.45) is 0. The van der Waals surface area contributed by atoms with Crippen molar-refractivity contribution in [3.8, 4) is 0 Å². The van der Waals surface area contributed by atoms with Gasteiger partial charge in [0.15, 0.2) is 0 Å². The second-order valence-corrected chi connectivity index (χ2v) is 8.29. The van der Waals surface area contributed by atoms with Crippen molar-refractivity contribution in [2.75, 3.05) is 25.0 Å². The molecule has 8 nitrogen and oxygen atoms in total. The molecule has 112 valence electrons. The van der Waals surface area contributed by atoms with Crippen molar-refractivity contribution in [3.05, 3.63) is 0 Å². The Hall–Kier alpha value is -1.10. The zero-order valence-corrected chi connectivity index (χ0v) is 13.1. The van der Waals surface area contributed by atoms with Crippen molar-refractivity contribution in [1.82, 2.24) is 19.8 Å². The van der Waals surface area contributed by atoms with Crippen LogP contribution in [0.25, 0.3) is 0 Å². The van der Waals surface area contributed by atoms with Crippen molar-refractivity contribution in [2.45, 2.75) is 30.6 Å². The van der Waals surface area contributed by atoms with Crippen LogP contribution in [-0.2, 0) is 14.8 Å². The molecule has 2 N–H and O–H groups in total. The van der Waals surface area contributed by atoms with Gasteiger partial charge in [-0.2, -0.15) is 4.31 Å². The molecule has 2 rings (SSSR count). The molecule has 1 amide bonds. The summed E-state index contributed by atoms with van der Waals surface area (Å²) >= 11 is 0.858. The van der Waals surface area contributed by atoms with Gasteiger partial charge in [0, 0.05) is 32.1 Å². The molecule has 0 radical (unpaired) electrons. The molecule has 1 fully saturated rings. The number of nitrogens with one attached hydrogen (secondary N) is 2. The first-order chi connectivity index (χ1) is 9.21. The molecule has 0 atom stereocenters. The van der Waals surface area contributed by atoms with Crippen molar-refractivity contribution in [3.63, 3.8) is 0 Å². The molecule has 1 saturated heterocycles. The first kappa shape index (κ1) is 15.3. The number of aromatic nitrogens is 2. The van der Waals surface area contributed by atoms with Crippen LogP contribution in [0, 0.1) is 0 Å². The molecule has 0 saturated carbocycles. The van der Waals surface area contributed by atoms with Crippen LogP contribution in [0.2, 0.25) is 0 Å². The molecule has 0 spiro atoms. The van der Waals surface area contributed by atoms with E-state index in [9.17, 15) is 13.2 Å². The number of nitrogens with zero attached hydrogens (tertiary/aromatic N) is 3. The number of piperazine rings is 1. The van der Waals surface area contributed by atoms with Crippen LogP contribution in [0.4, 0.5) is 5.13 Å². The summed E-state index contributed by atoms with van der Waals surface area (Å²) in [6, 6.07) is 0. The molecular formula is C10H17N5O3S2. The normalized spacial score (nSPS) is 19.8. The van der Waals surface area contributed by atoms with Crippen molar-refractivity contribution in [2.24, 2.45) is 0 Å². The molecule has 1 aromatic heterocycles. The first-order valence-corrected chi connectivity index (χ1v) is 8.33. The van der Waals surface area contributed by atoms with Crippen molar-refractivity contribution < 1.29 is 13.2 Å². The SMILES string of the molecule is CC(=O)Nc1nnc(S(=O)(=O)N2CCNC(C)(C)C2)s1. The van der Waals surface area contributed by atoms with Gasteiger partial charge in [0.1, 0.15) is 0 Å². The molecule has 1 aliphatic rings.